The first kappa shape index (κ1) is 25.7. The molecule has 0 fully saturated rings. The summed E-state index contributed by atoms with van der Waals surface area (Å²) in [6, 6.07) is 25.0. The van der Waals surface area contributed by atoms with Crippen molar-refractivity contribution < 1.29 is 28.2 Å². The number of hydrogen-bond donors (Lipinski definition) is 0. The second kappa shape index (κ2) is 10.8. The van der Waals surface area contributed by atoms with Crippen LogP contribution in [0.2, 0.25) is 0 Å². The summed E-state index contributed by atoms with van der Waals surface area (Å²) in [6.45, 7) is 3.47. The van der Waals surface area contributed by atoms with Crippen molar-refractivity contribution in [3.63, 3.8) is 0 Å². The molecule has 4 aromatic rings. The molecule has 0 bridgehead atoms. The van der Waals surface area contributed by atoms with Gasteiger partial charge in [0.05, 0.1) is 5.56 Å². The molecule has 7 nitrogen and oxygen atoms in total. The summed E-state index contributed by atoms with van der Waals surface area (Å²) in [5.41, 5.74) is 0.472. The zero-order valence-corrected chi connectivity index (χ0v) is 21.4. The molecule has 2 atom stereocenters. The Bertz CT molecular complexity index is 1620. The maximum atomic E-state index is 13.1. The van der Waals surface area contributed by atoms with E-state index in [1.807, 2.05) is 60.7 Å². The number of carbonyl (C=O) groups is 2. The first-order valence-electron chi connectivity index (χ1n) is 12.4. The van der Waals surface area contributed by atoms with Gasteiger partial charge in [0.2, 0.25) is 0 Å². The van der Waals surface area contributed by atoms with E-state index in [9.17, 15) is 14.4 Å². The van der Waals surface area contributed by atoms with Crippen molar-refractivity contribution in [3.05, 3.63) is 124 Å². The molecule has 5 rings (SSSR count). The van der Waals surface area contributed by atoms with E-state index in [-0.39, 0.29) is 5.58 Å². The molecule has 0 saturated carbocycles. The van der Waals surface area contributed by atoms with Crippen LogP contribution >= 0.6 is 0 Å². The summed E-state index contributed by atoms with van der Waals surface area (Å²) >= 11 is 0. The van der Waals surface area contributed by atoms with Crippen molar-refractivity contribution in [1.29, 1.82) is 0 Å². The third-order valence-corrected chi connectivity index (χ3v) is 6.31. The zero-order valence-electron chi connectivity index (χ0n) is 21.4. The minimum atomic E-state index is -1.13. The minimum Gasteiger partial charge on any atom is -0.483 e. The van der Waals surface area contributed by atoms with Crippen LogP contribution < -0.4 is 10.4 Å². The predicted molar refractivity (Wildman–Crippen MR) is 147 cm³/mol. The second-order valence-electron chi connectivity index (χ2n) is 9.56. The topological polar surface area (TPSA) is 92.0 Å². The molecule has 2 heterocycles. The SMILES string of the molecule is CC1(C)Oc2ccc3ccc(=O)oc3c2[C@H](OC(=O)/C=C/c2ccccc2)[C@H]1OC(=O)/C=C/c1ccccc1. The molecule has 0 amide bonds. The van der Waals surface area contributed by atoms with Crippen molar-refractivity contribution in [2.24, 2.45) is 0 Å². The quantitative estimate of drug-likeness (QED) is 0.177. The molecule has 0 saturated heterocycles. The monoisotopic (exact) mass is 522 g/mol. The van der Waals surface area contributed by atoms with E-state index in [1.54, 1.807) is 44.2 Å². The lowest BCUT2D eigenvalue weighted by molar-refractivity contribution is -0.184. The van der Waals surface area contributed by atoms with Crippen LogP contribution in [0.4, 0.5) is 0 Å². The number of carbonyl (C=O) groups excluding carboxylic acids is 2. The normalized spacial score (nSPS) is 18.0. The third-order valence-electron chi connectivity index (χ3n) is 6.31. The Kier molecular flexibility index (Phi) is 7.14. The Morgan fingerprint density at radius 2 is 1.33 bits per heavy atom. The van der Waals surface area contributed by atoms with Gasteiger partial charge in [-0.05, 0) is 55.3 Å². The van der Waals surface area contributed by atoms with Crippen molar-refractivity contribution in [3.8, 4) is 5.75 Å². The molecule has 7 heteroatoms. The van der Waals surface area contributed by atoms with Crippen LogP contribution in [-0.2, 0) is 19.1 Å². The van der Waals surface area contributed by atoms with E-state index in [2.05, 4.69) is 0 Å². The standard InChI is InChI=1S/C32H26O7/c1-32(2)31(38-27(35)19-14-22-11-7-4-8-12-22)30(37-25(33)18-13-21-9-5-3-6-10-21)28-24(39-32)17-15-23-16-20-26(34)36-29(23)28/h3-20,30-31H,1-2H3/b18-13+,19-14+/t30-,31+/m0/s1. The average Bonchev–Trinajstić information content (AvgIpc) is 2.93. The van der Waals surface area contributed by atoms with Gasteiger partial charge in [-0.15, -0.1) is 0 Å². The predicted octanol–water partition coefficient (Wildman–Crippen LogP) is 5.89. The summed E-state index contributed by atoms with van der Waals surface area (Å²) in [6.07, 6.45) is 3.67. The fraction of sp³-hybridized carbons (Fsp3) is 0.156. The van der Waals surface area contributed by atoms with Gasteiger partial charge in [0.1, 0.15) is 16.9 Å². The molecule has 0 aliphatic carbocycles. The second-order valence-corrected chi connectivity index (χ2v) is 9.56. The Balaban J connectivity index is 1.53. The summed E-state index contributed by atoms with van der Waals surface area (Å²) in [5.74, 6) is -0.950. The summed E-state index contributed by atoms with van der Waals surface area (Å²) in [4.78, 5) is 38.1. The van der Waals surface area contributed by atoms with Crippen molar-refractivity contribution in [2.45, 2.75) is 31.7 Å². The van der Waals surface area contributed by atoms with Gasteiger partial charge < -0.3 is 18.6 Å². The van der Waals surface area contributed by atoms with Gasteiger partial charge in [0, 0.05) is 23.6 Å². The van der Waals surface area contributed by atoms with Crippen LogP contribution in [0.1, 0.15) is 36.6 Å². The summed E-state index contributed by atoms with van der Waals surface area (Å²) in [7, 11) is 0. The lowest BCUT2D eigenvalue weighted by atomic mass is 9.87. The lowest BCUT2D eigenvalue weighted by Crippen LogP contribution is -2.52. The molecule has 0 spiro atoms. The molecule has 3 aromatic carbocycles. The maximum absolute atomic E-state index is 13.1. The highest BCUT2D eigenvalue weighted by Gasteiger charge is 2.49. The lowest BCUT2D eigenvalue weighted by Gasteiger charge is -2.43. The Morgan fingerprint density at radius 3 is 1.95 bits per heavy atom. The molecule has 1 aliphatic heterocycles. The maximum Gasteiger partial charge on any atom is 0.336 e. The molecular formula is C32H26O7. The molecule has 39 heavy (non-hydrogen) atoms. The molecule has 1 aliphatic rings. The highest BCUT2D eigenvalue weighted by atomic mass is 16.6. The van der Waals surface area contributed by atoms with Gasteiger partial charge in [-0.3, -0.25) is 0 Å². The van der Waals surface area contributed by atoms with Gasteiger partial charge in [0.15, 0.2) is 12.2 Å². The zero-order chi connectivity index (χ0) is 27.4. The largest absolute Gasteiger partial charge is 0.483 e. The van der Waals surface area contributed by atoms with Gasteiger partial charge >= 0.3 is 17.6 Å². The number of rotatable bonds is 6. The van der Waals surface area contributed by atoms with Crippen molar-refractivity contribution in [2.75, 3.05) is 0 Å². The number of hydrogen-bond acceptors (Lipinski definition) is 7. The average molecular weight is 523 g/mol. The first-order chi connectivity index (χ1) is 18.8. The van der Waals surface area contributed by atoms with E-state index in [4.69, 9.17) is 18.6 Å². The minimum absolute atomic E-state index is 0.196. The van der Waals surface area contributed by atoms with E-state index in [1.165, 1.54) is 18.2 Å². The molecule has 0 unspecified atom stereocenters. The highest BCUT2D eigenvalue weighted by Crippen LogP contribution is 2.46. The van der Waals surface area contributed by atoms with E-state index in [0.29, 0.717) is 16.7 Å². The summed E-state index contributed by atoms with van der Waals surface area (Å²) < 4.78 is 23.5. The smallest absolute Gasteiger partial charge is 0.336 e. The fourth-order valence-corrected chi connectivity index (χ4v) is 4.46. The van der Waals surface area contributed by atoms with Crippen LogP contribution in [-0.4, -0.2) is 23.6 Å². The molecule has 1 aromatic heterocycles. The molecule has 0 radical (unpaired) electrons. The Labute approximate surface area is 224 Å². The number of benzene rings is 3. The van der Waals surface area contributed by atoms with Crippen LogP contribution in [0, 0.1) is 0 Å². The van der Waals surface area contributed by atoms with Gasteiger partial charge in [-0.2, -0.15) is 0 Å². The van der Waals surface area contributed by atoms with Crippen molar-refractivity contribution >= 4 is 35.1 Å². The Morgan fingerprint density at radius 1 is 0.769 bits per heavy atom. The van der Waals surface area contributed by atoms with Gasteiger partial charge in [-0.25, -0.2) is 14.4 Å². The third kappa shape index (κ3) is 5.83. The van der Waals surface area contributed by atoms with Crippen LogP contribution in [0.15, 0.2) is 106 Å². The number of esters is 2. The Hall–Kier alpha value is -4.91. The number of fused-ring (bicyclic) bond motifs is 3. The van der Waals surface area contributed by atoms with Gasteiger partial charge in [-0.1, -0.05) is 60.7 Å². The molecule has 196 valence electrons. The van der Waals surface area contributed by atoms with E-state index >= 15 is 0 Å². The van der Waals surface area contributed by atoms with Crippen LogP contribution in [0.3, 0.4) is 0 Å². The highest BCUT2D eigenvalue weighted by molar-refractivity contribution is 5.89. The molecular weight excluding hydrogens is 496 g/mol. The van der Waals surface area contributed by atoms with Crippen molar-refractivity contribution in [1.82, 2.24) is 0 Å². The number of ether oxygens (including phenoxy) is 3. The van der Waals surface area contributed by atoms with E-state index in [0.717, 1.165) is 11.1 Å². The van der Waals surface area contributed by atoms with Crippen LogP contribution in [0.25, 0.3) is 23.1 Å². The van der Waals surface area contributed by atoms with E-state index < -0.39 is 35.4 Å². The summed E-state index contributed by atoms with van der Waals surface area (Å²) in [5, 5.41) is 0.603. The first-order valence-corrected chi connectivity index (χ1v) is 12.4. The van der Waals surface area contributed by atoms with Crippen LogP contribution in [0.5, 0.6) is 5.75 Å². The van der Waals surface area contributed by atoms with Gasteiger partial charge in [0.25, 0.3) is 0 Å². The fourth-order valence-electron chi connectivity index (χ4n) is 4.46. The molecule has 0 N–H and O–H groups in total.